The lowest BCUT2D eigenvalue weighted by Gasteiger charge is -2.08. The Labute approximate surface area is 140 Å². The Hall–Kier alpha value is -2.32. The Kier molecular flexibility index (Phi) is 4.33. The average Bonchev–Trinajstić information content (AvgIpc) is 2.78. The topological polar surface area (TPSA) is 69.9 Å². The first kappa shape index (κ1) is 16.5. The number of fused-ring (bicyclic) bond motifs is 1. The molecular weight excluding hydrogens is 334 g/mol. The highest BCUT2D eigenvalue weighted by molar-refractivity contribution is 7.84. The molecule has 1 aliphatic rings. The standard InChI is InChI=1S/C16H16F2N4OS/c1-9-3-5-11-14(24(19)21-9)8-22(2)15(11)16(23)20-10-4-6-12(17)13(18)7-10/h3-9H,1-2H3,(H2,19,21)(H,20,23)/t9-,24?/m0/s1. The van der Waals surface area contributed by atoms with Crippen LogP contribution >= 0.6 is 0 Å². The molecule has 1 aliphatic heterocycles. The predicted octanol–water partition coefficient (Wildman–Crippen LogP) is 3.22. The lowest BCUT2D eigenvalue weighted by molar-refractivity contribution is 0.101. The molecule has 8 heteroatoms. The first-order valence-electron chi connectivity index (χ1n) is 7.22. The van der Waals surface area contributed by atoms with E-state index in [-0.39, 0.29) is 11.7 Å². The Morgan fingerprint density at radius 1 is 1.38 bits per heavy atom. The number of carbonyl (C=O) groups is 1. The lowest BCUT2D eigenvalue weighted by Crippen LogP contribution is -2.24. The highest BCUT2D eigenvalue weighted by Crippen LogP contribution is 2.25. The number of anilines is 1. The molecule has 3 rings (SSSR count). The number of aryl methyl sites for hydroxylation is 1. The van der Waals surface area contributed by atoms with Gasteiger partial charge in [-0.25, -0.2) is 13.5 Å². The summed E-state index contributed by atoms with van der Waals surface area (Å²) in [5, 5.41) is 2.57. The number of amides is 1. The summed E-state index contributed by atoms with van der Waals surface area (Å²) >= 11 is 0. The molecule has 1 aromatic heterocycles. The first-order valence-corrected chi connectivity index (χ1v) is 8.45. The fraction of sp³-hybridized carbons (Fsp3) is 0.188. The Bertz CT molecular complexity index is 875. The van der Waals surface area contributed by atoms with Gasteiger partial charge in [-0.1, -0.05) is 12.2 Å². The lowest BCUT2D eigenvalue weighted by atomic mass is 10.2. The van der Waals surface area contributed by atoms with Gasteiger partial charge in [0.2, 0.25) is 0 Å². The normalized spacial score (nSPS) is 19.7. The molecule has 24 heavy (non-hydrogen) atoms. The molecule has 0 radical (unpaired) electrons. The van der Waals surface area contributed by atoms with Crippen LogP contribution in [0, 0.1) is 16.4 Å². The van der Waals surface area contributed by atoms with Gasteiger partial charge >= 0.3 is 0 Å². The van der Waals surface area contributed by atoms with Gasteiger partial charge in [0, 0.05) is 36.6 Å². The summed E-state index contributed by atoms with van der Waals surface area (Å²) in [7, 11) is 0.767. The molecule has 0 spiro atoms. The third-order valence-corrected chi connectivity index (χ3v) is 5.02. The van der Waals surface area contributed by atoms with Crippen LogP contribution in [-0.2, 0) is 17.9 Å². The zero-order chi connectivity index (χ0) is 17.4. The van der Waals surface area contributed by atoms with Crippen molar-refractivity contribution in [3.05, 3.63) is 53.4 Å². The molecule has 0 fully saturated rings. The quantitative estimate of drug-likeness (QED) is 0.778. The number of nitrogens with one attached hydrogen (secondary N) is 3. The van der Waals surface area contributed by atoms with Gasteiger partial charge in [-0.3, -0.25) is 9.57 Å². The number of carbonyl (C=O) groups excluding carboxylic acids is 1. The molecule has 0 bridgehead atoms. The zero-order valence-electron chi connectivity index (χ0n) is 13.1. The van der Waals surface area contributed by atoms with Gasteiger partial charge in [0.05, 0.1) is 4.90 Å². The van der Waals surface area contributed by atoms with E-state index in [0.717, 1.165) is 12.1 Å². The number of aromatic nitrogens is 1. The molecule has 126 valence electrons. The number of hydrogen-bond donors (Lipinski definition) is 3. The summed E-state index contributed by atoms with van der Waals surface area (Å²) in [5.74, 6) is -2.44. The van der Waals surface area contributed by atoms with Crippen LogP contribution in [0.3, 0.4) is 0 Å². The monoisotopic (exact) mass is 350 g/mol. The fourth-order valence-electron chi connectivity index (χ4n) is 2.52. The third kappa shape index (κ3) is 3.02. The zero-order valence-corrected chi connectivity index (χ0v) is 13.9. The van der Waals surface area contributed by atoms with Gasteiger partial charge in [0.15, 0.2) is 11.6 Å². The van der Waals surface area contributed by atoms with Crippen molar-refractivity contribution in [3.63, 3.8) is 0 Å². The third-order valence-electron chi connectivity index (χ3n) is 3.65. The van der Waals surface area contributed by atoms with Crippen LogP contribution in [0.1, 0.15) is 23.0 Å². The summed E-state index contributed by atoms with van der Waals surface area (Å²) in [6.07, 6.45) is 5.43. The summed E-state index contributed by atoms with van der Waals surface area (Å²) in [4.78, 5) is 13.3. The molecule has 0 saturated carbocycles. The van der Waals surface area contributed by atoms with Crippen LogP contribution in [0.4, 0.5) is 14.5 Å². The maximum atomic E-state index is 13.3. The van der Waals surface area contributed by atoms with Gasteiger partial charge in [-0.2, -0.15) is 0 Å². The Morgan fingerprint density at radius 3 is 2.83 bits per heavy atom. The molecule has 1 unspecified atom stereocenters. The minimum absolute atomic E-state index is 0.0191. The molecule has 1 aromatic carbocycles. The SMILES string of the molecule is C[C@H]1C=Cc2c(cn(C)c2C(=O)Nc2ccc(F)c(F)c2)S(=N)N1. The molecular formula is C16H16F2N4OS. The van der Waals surface area contributed by atoms with Gasteiger partial charge in [-0.05, 0) is 29.9 Å². The van der Waals surface area contributed by atoms with E-state index >= 15 is 0 Å². The molecule has 3 N–H and O–H groups in total. The van der Waals surface area contributed by atoms with Crippen molar-refractivity contribution in [1.82, 2.24) is 9.29 Å². The molecule has 0 saturated heterocycles. The van der Waals surface area contributed by atoms with Gasteiger partial charge in [0.1, 0.15) is 5.69 Å². The van der Waals surface area contributed by atoms with E-state index in [1.165, 1.54) is 6.07 Å². The summed E-state index contributed by atoms with van der Waals surface area (Å²) in [6, 6.07) is 3.21. The van der Waals surface area contributed by atoms with Crippen LogP contribution in [0.25, 0.3) is 6.08 Å². The summed E-state index contributed by atoms with van der Waals surface area (Å²) < 4.78 is 39.2. The van der Waals surface area contributed by atoms with Crippen LogP contribution < -0.4 is 10.0 Å². The van der Waals surface area contributed by atoms with Crippen molar-refractivity contribution in [1.29, 1.82) is 4.78 Å². The number of nitrogens with zero attached hydrogens (tertiary/aromatic N) is 1. The van der Waals surface area contributed by atoms with E-state index in [9.17, 15) is 13.6 Å². The van der Waals surface area contributed by atoms with E-state index in [4.69, 9.17) is 4.78 Å². The number of hydrogen-bond acceptors (Lipinski definition) is 2. The van der Waals surface area contributed by atoms with E-state index in [1.807, 2.05) is 19.1 Å². The highest BCUT2D eigenvalue weighted by atomic mass is 32.2. The van der Waals surface area contributed by atoms with Crippen molar-refractivity contribution in [2.45, 2.75) is 17.9 Å². The minimum Gasteiger partial charge on any atom is -0.345 e. The van der Waals surface area contributed by atoms with Crippen molar-refractivity contribution >= 4 is 28.5 Å². The maximum absolute atomic E-state index is 13.3. The van der Waals surface area contributed by atoms with Crippen molar-refractivity contribution in [2.75, 3.05) is 5.32 Å². The van der Waals surface area contributed by atoms with Crippen LogP contribution in [-0.4, -0.2) is 16.5 Å². The fourth-order valence-corrected chi connectivity index (χ4v) is 3.74. The second kappa shape index (κ2) is 6.29. The van der Waals surface area contributed by atoms with E-state index < -0.39 is 28.4 Å². The van der Waals surface area contributed by atoms with Gasteiger partial charge in [0.25, 0.3) is 5.91 Å². The molecule has 0 aliphatic carbocycles. The van der Waals surface area contributed by atoms with E-state index in [0.29, 0.717) is 16.2 Å². The number of rotatable bonds is 2. The average molecular weight is 350 g/mol. The largest absolute Gasteiger partial charge is 0.345 e. The molecule has 1 amide bonds. The van der Waals surface area contributed by atoms with Crippen LogP contribution in [0.15, 0.2) is 35.4 Å². The highest BCUT2D eigenvalue weighted by Gasteiger charge is 2.23. The molecule has 2 atom stereocenters. The van der Waals surface area contributed by atoms with Crippen molar-refractivity contribution in [2.24, 2.45) is 7.05 Å². The Balaban J connectivity index is 1.97. The van der Waals surface area contributed by atoms with Gasteiger partial charge in [-0.15, -0.1) is 0 Å². The molecule has 5 nitrogen and oxygen atoms in total. The van der Waals surface area contributed by atoms with E-state index in [1.54, 1.807) is 17.8 Å². The number of halogens is 2. The minimum atomic E-state index is -1.02. The Morgan fingerprint density at radius 2 is 2.12 bits per heavy atom. The summed E-state index contributed by atoms with van der Waals surface area (Å²) in [5.41, 5.74) is 1.20. The van der Waals surface area contributed by atoms with Crippen LogP contribution in [0.5, 0.6) is 0 Å². The second-order valence-corrected chi connectivity index (χ2v) is 6.81. The first-order chi connectivity index (χ1) is 11.4. The van der Waals surface area contributed by atoms with Crippen molar-refractivity contribution < 1.29 is 13.6 Å². The second-order valence-electron chi connectivity index (χ2n) is 5.52. The van der Waals surface area contributed by atoms with E-state index in [2.05, 4.69) is 10.0 Å². The predicted molar refractivity (Wildman–Crippen MR) is 89.7 cm³/mol. The maximum Gasteiger partial charge on any atom is 0.272 e. The molecule has 2 heterocycles. The van der Waals surface area contributed by atoms with Gasteiger partial charge < -0.3 is 9.88 Å². The smallest absolute Gasteiger partial charge is 0.272 e. The summed E-state index contributed by atoms with van der Waals surface area (Å²) in [6.45, 7) is 1.93. The van der Waals surface area contributed by atoms with Crippen LogP contribution in [0.2, 0.25) is 0 Å². The van der Waals surface area contributed by atoms with Crippen molar-refractivity contribution in [3.8, 4) is 0 Å². The molecule has 2 aromatic rings. The number of benzene rings is 1.